The molecule has 0 fully saturated rings. The average Bonchev–Trinajstić information content (AvgIpc) is 3.32. The van der Waals surface area contributed by atoms with Crippen molar-refractivity contribution in [2.45, 2.75) is 24.3 Å². The van der Waals surface area contributed by atoms with Gasteiger partial charge in [0.2, 0.25) is 11.8 Å². The number of benzene rings is 3. The normalized spacial score (nSPS) is 12.2. The Morgan fingerprint density at radius 2 is 1.82 bits per heavy atom. The summed E-state index contributed by atoms with van der Waals surface area (Å²) in [5.74, 6) is 0.243. The summed E-state index contributed by atoms with van der Waals surface area (Å²) in [5.41, 5.74) is 2.64. The number of fused-ring (bicyclic) bond motifs is 1. The van der Waals surface area contributed by atoms with Crippen molar-refractivity contribution in [3.63, 3.8) is 0 Å². The number of nitrogens with zero attached hydrogens (tertiary/aromatic N) is 4. The highest BCUT2D eigenvalue weighted by molar-refractivity contribution is 7.99. The summed E-state index contributed by atoms with van der Waals surface area (Å²) in [6, 6.07) is 19.0. The number of para-hydroxylation sites is 1. The number of aryl methyl sites for hydroxylation is 1. The largest absolute Gasteiger partial charge is 0.419 e. The lowest BCUT2D eigenvalue weighted by Crippen LogP contribution is -2.22. The molecule has 0 N–H and O–H groups in total. The summed E-state index contributed by atoms with van der Waals surface area (Å²) in [5, 5.41) is 8.81. The molecule has 5 rings (SSSR count). The number of hydrogen-bond acceptors (Lipinski definition) is 6. The lowest BCUT2D eigenvalue weighted by atomic mass is 10.1. The van der Waals surface area contributed by atoms with E-state index in [-0.39, 0.29) is 15.8 Å². The van der Waals surface area contributed by atoms with Gasteiger partial charge in [-0.1, -0.05) is 53.2 Å². The summed E-state index contributed by atoms with van der Waals surface area (Å²) < 4.78 is 21.1. The predicted octanol–water partition coefficient (Wildman–Crippen LogP) is 6.39. The zero-order valence-corrected chi connectivity index (χ0v) is 19.8. The Hall–Kier alpha value is -3.49. The highest BCUT2D eigenvalue weighted by atomic mass is 35.5. The third-order valence-corrected chi connectivity index (χ3v) is 6.60. The van der Waals surface area contributed by atoms with Crippen molar-refractivity contribution in [3.8, 4) is 17.1 Å². The van der Waals surface area contributed by atoms with Crippen LogP contribution in [0.5, 0.6) is 0 Å². The van der Waals surface area contributed by atoms with Gasteiger partial charge in [0.15, 0.2) is 5.16 Å². The molecule has 0 aliphatic carbocycles. The van der Waals surface area contributed by atoms with Gasteiger partial charge in [-0.25, -0.2) is 9.37 Å². The van der Waals surface area contributed by atoms with Gasteiger partial charge in [0, 0.05) is 5.56 Å². The van der Waals surface area contributed by atoms with E-state index in [1.54, 1.807) is 18.2 Å². The van der Waals surface area contributed by atoms with E-state index in [2.05, 4.69) is 10.2 Å². The summed E-state index contributed by atoms with van der Waals surface area (Å²) in [6.45, 7) is 3.90. The van der Waals surface area contributed by atoms with Crippen LogP contribution in [0.25, 0.3) is 28.0 Å². The van der Waals surface area contributed by atoms with E-state index in [0.29, 0.717) is 33.5 Å². The van der Waals surface area contributed by atoms with Crippen LogP contribution in [0.2, 0.25) is 5.02 Å². The van der Waals surface area contributed by atoms with E-state index in [4.69, 9.17) is 21.0 Å². The van der Waals surface area contributed by atoms with E-state index in [0.717, 1.165) is 11.1 Å². The highest BCUT2D eigenvalue weighted by Gasteiger charge is 2.21. The summed E-state index contributed by atoms with van der Waals surface area (Å²) >= 11 is 7.30. The van der Waals surface area contributed by atoms with Crippen LogP contribution in [0.3, 0.4) is 0 Å². The quantitative estimate of drug-likeness (QED) is 0.209. The summed E-state index contributed by atoms with van der Waals surface area (Å²) in [4.78, 5) is 18.1. The fourth-order valence-electron chi connectivity index (χ4n) is 3.46. The second-order valence-electron chi connectivity index (χ2n) is 7.72. The van der Waals surface area contributed by atoms with Crippen LogP contribution in [0.15, 0.2) is 81.1 Å². The fraction of sp³-hybridized carbons (Fsp3) is 0.120. The van der Waals surface area contributed by atoms with Crippen LogP contribution in [0.1, 0.15) is 23.6 Å². The average molecular weight is 493 g/mol. The summed E-state index contributed by atoms with van der Waals surface area (Å²) in [6.07, 6.45) is 0. The van der Waals surface area contributed by atoms with Gasteiger partial charge in [-0.05, 0) is 56.3 Å². The van der Waals surface area contributed by atoms with Gasteiger partial charge in [0.05, 0.1) is 26.9 Å². The first-order valence-corrected chi connectivity index (χ1v) is 11.7. The third-order valence-electron chi connectivity index (χ3n) is 5.28. The Morgan fingerprint density at radius 1 is 1.06 bits per heavy atom. The first-order chi connectivity index (χ1) is 16.4. The molecule has 0 saturated heterocycles. The Kier molecular flexibility index (Phi) is 5.93. The molecule has 2 heterocycles. The van der Waals surface area contributed by atoms with Crippen LogP contribution < -0.4 is 5.56 Å². The number of halogens is 2. The van der Waals surface area contributed by atoms with Gasteiger partial charge in [-0.3, -0.25) is 9.36 Å². The summed E-state index contributed by atoms with van der Waals surface area (Å²) in [7, 11) is 0. The van der Waals surface area contributed by atoms with Crippen LogP contribution >= 0.6 is 23.4 Å². The highest BCUT2D eigenvalue weighted by Crippen LogP contribution is 2.35. The Balaban J connectivity index is 1.56. The van der Waals surface area contributed by atoms with Gasteiger partial charge >= 0.3 is 0 Å². The second-order valence-corrected chi connectivity index (χ2v) is 9.44. The van der Waals surface area contributed by atoms with Crippen molar-refractivity contribution in [2.24, 2.45) is 0 Å². The van der Waals surface area contributed by atoms with Crippen molar-refractivity contribution < 1.29 is 8.81 Å². The Bertz CT molecular complexity index is 1570. The van der Waals surface area contributed by atoms with E-state index < -0.39 is 5.82 Å². The minimum absolute atomic E-state index is 0.0822. The molecule has 0 amide bonds. The maximum atomic E-state index is 13.8. The molecule has 0 radical (unpaired) electrons. The zero-order valence-electron chi connectivity index (χ0n) is 18.2. The molecule has 1 atom stereocenters. The van der Waals surface area contributed by atoms with Crippen molar-refractivity contribution in [1.82, 2.24) is 19.7 Å². The molecule has 0 aliphatic heterocycles. The molecule has 34 heavy (non-hydrogen) atoms. The van der Waals surface area contributed by atoms with Crippen molar-refractivity contribution >= 4 is 34.3 Å². The molecule has 1 unspecified atom stereocenters. The van der Waals surface area contributed by atoms with Gasteiger partial charge in [0.1, 0.15) is 5.82 Å². The second kappa shape index (κ2) is 9.04. The minimum Gasteiger partial charge on any atom is -0.419 e. The van der Waals surface area contributed by atoms with E-state index in [1.165, 1.54) is 34.5 Å². The molecule has 9 heteroatoms. The first-order valence-electron chi connectivity index (χ1n) is 10.4. The smallest absolute Gasteiger partial charge is 0.266 e. The monoisotopic (exact) mass is 492 g/mol. The van der Waals surface area contributed by atoms with Gasteiger partial charge < -0.3 is 4.42 Å². The van der Waals surface area contributed by atoms with E-state index in [1.807, 2.05) is 44.2 Å². The lowest BCUT2D eigenvalue weighted by Gasteiger charge is -2.15. The van der Waals surface area contributed by atoms with Crippen molar-refractivity contribution in [1.29, 1.82) is 0 Å². The molecule has 2 aromatic heterocycles. The molecule has 0 spiro atoms. The van der Waals surface area contributed by atoms with Crippen molar-refractivity contribution in [2.75, 3.05) is 0 Å². The number of hydrogen-bond donors (Lipinski definition) is 0. The van der Waals surface area contributed by atoms with Gasteiger partial charge in [-0.15, -0.1) is 10.2 Å². The van der Waals surface area contributed by atoms with E-state index >= 15 is 0 Å². The molecule has 3 aromatic carbocycles. The minimum atomic E-state index is -0.565. The molecular formula is C25H18ClFN4O2S. The molecule has 0 saturated carbocycles. The molecule has 5 aromatic rings. The maximum absolute atomic E-state index is 13.8. The zero-order chi connectivity index (χ0) is 23.8. The lowest BCUT2D eigenvalue weighted by molar-refractivity contribution is 0.508. The topological polar surface area (TPSA) is 73.8 Å². The number of thioether (sulfide) groups is 1. The predicted molar refractivity (Wildman–Crippen MR) is 131 cm³/mol. The first kappa shape index (κ1) is 22.3. The van der Waals surface area contributed by atoms with Crippen LogP contribution in [0, 0.1) is 12.7 Å². The van der Waals surface area contributed by atoms with Crippen LogP contribution in [-0.2, 0) is 0 Å². The maximum Gasteiger partial charge on any atom is 0.266 e. The SMILES string of the molecule is Cc1ccc(-c2nnc(C(C)Sc3nc4ccccc4c(=O)n3-c3ccc(F)c(Cl)c3)o2)cc1. The van der Waals surface area contributed by atoms with Gasteiger partial charge in [0.25, 0.3) is 5.56 Å². The third kappa shape index (κ3) is 4.22. The van der Waals surface area contributed by atoms with Gasteiger partial charge in [-0.2, -0.15) is 0 Å². The molecule has 0 bridgehead atoms. The number of aromatic nitrogens is 4. The van der Waals surface area contributed by atoms with Crippen molar-refractivity contribution in [3.05, 3.63) is 99.4 Å². The Labute approximate surface area is 203 Å². The fourth-order valence-corrected chi connectivity index (χ4v) is 4.60. The number of rotatable bonds is 5. The molecule has 170 valence electrons. The molecular weight excluding hydrogens is 475 g/mol. The Morgan fingerprint density at radius 3 is 2.59 bits per heavy atom. The molecule has 0 aliphatic rings. The van der Waals surface area contributed by atoms with E-state index in [9.17, 15) is 9.18 Å². The van der Waals surface area contributed by atoms with Crippen LogP contribution in [-0.4, -0.2) is 19.7 Å². The standard InChI is InChI=1S/C25H18ClFN4O2S/c1-14-7-9-16(10-8-14)23-30-29-22(33-23)15(2)34-25-28-21-6-4-3-5-18(21)24(32)31(25)17-11-12-20(27)19(26)13-17/h3-13,15H,1-2H3. The molecule has 6 nitrogen and oxygen atoms in total. The van der Waals surface area contributed by atoms with Crippen LogP contribution in [0.4, 0.5) is 4.39 Å².